The van der Waals surface area contributed by atoms with Crippen LogP contribution >= 0.6 is 0 Å². The van der Waals surface area contributed by atoms with Crippen molar-refractivity contribution in [1.82, 2.24) is 5.32 Å². The van der Waals surface area contributed by atoms with Crippen molar-refractivity contribution in [3.8, 4) is 17.2 Å². The smallest absolute Gasteiger partial charge is 0.268 e. The first kappa shape index (κ1) is 22.0. The molecule has 8 heteroatoms. The molecule has 2 aliphatic heterocycles. The number of rotatable bonds is 8. The molecule has 0 aromatic heterocycles. The lowest BCUT2D eigenvalue weighted by atomic mass is 10.1. The Morgan fingerprint density at radius 1 is 1.22 bits per heavy atom. The number of nitrogens with zero attached hydrogens (tertiary/aromatic N) is 1. The third kappa shape index (κ3) is 4.96. The minimum Gasteiger partial charge on any atom is -0.493 e. The number of amides is 2. The van der Waals surface area contributed by atoms with Crippen LogP contribution in [-0.4, -0.2) is 50.9 Å². The van der Waals surface area contributed by atoms with E-state index in [4.69, 9.17) is 18.9 Å². The summed E-state index contributed by atoms with van der Waals surface area (Å²) < 4.78 is 22.5. The highest BCUT2D eigenvalue weighted by Gasteiger charge is 2.32. The fraction of sp³-hybridized carbons (Fsp3) is 0.417. The van der Waals surface area contributed by atoms with E-state index in [0.29, 0.717) is 36.1 Å². The van der Waals surface area contributed by atoms with Crippen LogP contribution in [0.2, 0.25) is 0 Å². The summed E-state index contributed by atoms with van der Waals surface area (Å²) in [6.45, 7) is 3.17. The van der Waals surface area contributed by atoms with Gasteiger partial charge < -0.3 is 24.3 Å². The molecule has 0 saturated carbocycles. The van der Waals surface area contributed by atoms with Gasteiger partial charge in [0.15, 0.2) is 17.6 Å². The lowest BCUT2D eigenvalue weighted by Crippen LogP contribution is -2.48. The molecular formula is C24H28N2O6. The molecule has 2 aromatic carbocycles. The molecule has 1 fully saturated rings. The van der Waals surface area contributed by atoms with Gasteiger partial charge in [0, 0.05) is 13.2 Å². The number of nitrogens with one attached hydrogen (secondary N) is 1. The zero-order chi connectivity index (χ0) is 22.5. The van der Waals surface area contributed by atoms with Gasteiger partial charge in [0.25, 0.3) is 5.91 Å². The van der Waals surface area contributed by atoms with Gasteiger partial charge in [-0.3, -0.25) is 14.5 Å². The highest BCUT2D eigenvalue weighted by molar-refractivity contribution is 6.03. The van der Waals surface area contributed by atoms with Crippen molar-refractivity contribution < 1.29 is 28.5 Å². The van der Waals surface area contributed by atoms with Crippen LogP contribution < -0.4 is 24.4 Å². The topological polar surface area (TPSA) is 86.3 Å². The second-order valence-electron chi connectivity index (χ2n) is 7.86. The van der Waals surface area contributed by atoms with Gasteiger partial charge in [-0.2, -0.15) is 0 Å². The van der Waals surface area contributed by atoms with E-state index < -0.39 is 6.10 Å². The van der Waals surface area contributed by atoms with Crippen molar-refractivity contribution in [2.24, 2.45) is 0 Å². The maximum absolute atomic E-state index is 12.6. The normalized spacial score (nSPS) is 19.8. The van der Waals surface area contributed by atoms with E-state index in [0.717, 1.165) is 25.0 Å². The van der Waals surface area contributed by atoms with Gasteiger partial charge in [-0.25, -0.2) is 0 Å². The third-order valence-corrected chi connectivity index (χ3v) is 5.54. The van der Waals surface area contributed by atoms with Gasteiger partial charge in [0.2, 0.25) is 5.91 Å². The number of fused-ring (bicyclic) bond motifs is 1. The number of anilines is 1. The van der Waals surface area contributed by atoms with Crippen LogP contribution in [0.3, 0.4) is 0 Å². The van der Waals surface area contributed by atoms with E-state index in [1.54, 1.807) is 26.2 Å². The van der Waals surface area contributed by atoms with Gasteiger partial charge in [0.1, 0.15) is 18.9 Å². The van der Waals surface area contributed by atoms with Gasteiger partial charge in [-0.15, -0.1) is 0 Å². The van der Waals surface area contributed by atoms with Gasteiger partial charge in [-0.1, -0.05) is 18.2 Å². The van der Waals surface area contributed by atoms with Gasteiger partial charge >= 0.3 is 0 Å². The first-order valence-corrected chi connectivity index (χ1v) is 10.8. The Hall–Kier alpha value is -3.26. The Morgan fingerprint density at radius 3 is 2.84 bits per heavy atom. The number of benzene rings is 2. The van der Waals surface area contributed by atoms with Crippen LogP contribution in [0.1, 0.15) is 25.3 Å². The van der Waals surface area contributed by atoms with Crippen molar-refractivity contribution >= 4 is 17.5 Å². The van der Waals surface area contributed by atoms with E-state index in [-0.39, 0.29) is 24.5 Å². The fourth-order valence-corrected chi connectivity index (χ4v) is 3.82. The summed E-state index contributed by atoms with van der Waals surface area (Å²) in [4.78, 5) is 26.6. The summed E-state index contributed by atoms with van der Waals surface area (Å²) in [6, 6.07) is 12.8. The van der Waals surface area contributed by atoms with Crippen LogP contribution in [-0.2, 0) is 20.9 Å². The molecule has 8 nitrogen and oxygen atoms in total. The number of para-hydroxylation sites is 2. The Labute approximate surface area is 187 Å². The van der Waals surface area contributed by atoms with Crippen LogP contribution in [0, 0.1) is 0 Å². The molecule has 2 aliphatic rings. The van der Waals surface area contributed by atoms with Crippen LogP contribution in [0.5, 0.6) is 17.2 Å². The molecule has 0 bridgehead atoms. The summed E-state index contributed by atoms with van der Waals surface area (Å²) in [6.07, 6.45) is 1.55. The molecule has 1 saturated heterocycles. The molecule has 1 N–H and O–H groups in total. The maximum Gasteiger partial charge on any atom is 0.268 e. The number of hydrogen-bond acceptors (Lipinski definition) is 6. The lowest BCUT2D eigenvalue weighted by Gasteiger charge is -2.32. The van der Waals surface area contributed by atoms with E-state index in [2.05, 4.69) is 5.32 Å². The number of ether oxygens (including phenoxy) is 4. The molecule has 2 atom stereocenters. The minimum atomic E-state index is -0.635. The molecule has 170 valence electrons. The molecule has 32 heavy (non-hydrogen) atoms. The average Bonchev–Trinajstić information content (AvgIpc) is 3.33. The Morgan fingerprint density at radius 2 is 2.06 bits per heavy atom. The molecule has 0 radical (unpaired) electrons. The first-order chi connectivity index (χ1) is 15.5. The predicted octanol–water partition coefficient (Wildman–Crippen LogP) is 2.68. The zero-order valence-electron chi connectivity index (χ0n) is 18.3. The monoisotopic (exact) mass is 440 g/mol. The largest absolute Gasteiger partial charge is 0.493 e. The first-order valence-electron chi connectivity index (χ1n) is 10.8. The number of methoxy groups -OCH3 is 1. The number of carbonyl (C=O) groups excluding carboxylic acids is 2. The third-order valence-electron chi connectivity index (χ3n) is 5.54. The Kier molecular flexibility index (Phi) is 6.80. The summed E-state index contributed by atoms with van der Waals surface area (Å²) in [5, 5.41) is 2.87. The quantitative estimate of drug-likeness (QED) is 0.679. The second kappa shape index (κ2) is 9.91. The highest BCUT2D eigenvalue weighted by atomic mass is 16.5. The Bertz CT molecular complexity index is 973. The van der Waals surface area contributed by atoms with E-state index in [1.165, 1.54) is 4.90 Å². The average molecular weight is 440 g/mol. The van der Waals surface area contributed by atoms with Crippen LogP contribution in [0.15, 0.2) is 42.5 Å². The number of carbonyl (C=O) groups is 2. The minimum absolute atomic E-state index is 0.0801. The van der Waals surface area contributed by atoms with Crippen molar-refractivity contribution in [1.29, 1.82) is 0 Å². The molecule has 2 heterocycles. The molecule has 2 amide bonds. The maximum atomic E-state index is 12.6. The molecular weight excluding hydrogens is 412 g/mol. The van der Waals surface area contributed by atoms with Gasteiger partial charge in [0.05, 0.1) is 18.9 Å². The molecule has 2 unspecified atom stereocenters. The van der Waals surface area contributed by atoms with Gasteiger partial charge in [-0.05, 0) is 49.6 Å². The molecule has 2 aromatic rings. The summed E-state index contributed by atoms with van der Waals surface area (Å²) in [5.74, 6) is 1.33. The van der Waals surface area contributed by atoms with Crippen molar-refractivity contribution in [3.05, 3.63) is 48.0 Å². The van der Waals surface area contributed by atoms with Crippen molar-refractivity contribution in [3.63, 3.8) is 0 Å². The highest BCUT2D eigenvalue weighted by Crippen LogP contribution is 2.33. The SMILES string of the molecule is COc1cc(CNC(=O)CN2C(=O)C(C)Oc3ccccc32)ccc1OCC1CCCO1. The van der Waals surface area contributed by atoms with E-state index in [9.17, 15) is 9.59 Å². The Balaban J connectivity index is 1.35. The molecule has 0 spiro atoms. The fourth-order valence-electron chi connectivity index (χ4n) is 3.82. The van der Waals surface area contributed by atoms with Crippen molar-refractivity contribution in [2.75, 3.05) is 31.8 Å². The van der Waals surface area contributed by atoms with E-state index in [1.807, 2.05) is 30.3 Å². The zero-order valence-corrected chi connectivity index (χ0v) is 18.3. The predicted molar refractivity (Wildman–Crippen MR) is 118 cm³/mol. The summed E-state index contributed by atoms with van der Waals surface area (Å²) >= 11 is 0. The van der Waals surface area contributed by atoms with E-state index >= 15 is 0 Å². The summed E-state index contributed by atoms with van der Waals surface area (Å²) in [7, 11) is 1.58. The standard InChI is InChI=1S/C24H28N2O6/c1-16-24(28)26(19-7-3-4-8-20(19)32-16)14-23(27)25-13-17-9-10-21(22(12-17)29-2)31-15-18-6-5-11-30-18/h3-4,7-10,12,16,18H,5-6,11,13-15H2,1-2H3,(H,25,27). The summed E-state index contributed by atoms with van der Waals surface area (Å²) in [5.41, 5.74) is 1.46. The lowest BCUT2D eigenvalue weighted by molar-refractivity contribution is -0.128. The van der Waals surface area contributed by atoms with Crippen molar-refractivity contribution in [2.45, 2.75) is 38.5 Å². The molecule has 0 aliphatic carbocycles. The van der Waals surface area contributed by atoms with Crippen LogP contribution in [0.25, 0.3) is 0 Å². The van der Waals surface area contributed by atoms with Crippen LogP contribution in [0.4, 0.5) is 5.69 Å². The number of hydrogen-bond donors (Lipinski definition) is 1. The molecule has 4 rings (SSSR count). The second-order valence-corrected chi connectivity index (χ2v) is 7.86.